The number of aliphatic carboxylic acids is 1. The molecule has 0 radical (unpaired) electrons. The first-order valence-corrected chi connectivity index (χ1v) is 9.45. The molecule has 4 nitrogen and oxygen atoms in total. The number of hydrogen-bond donors (Lipinski definition) is 1. The number of carboxylic acid groups (broad SMARTS) is 1. The normalized spacial score (nSPS) is 23.3. The lowest BCUT2D eigenvalue weighted by Crippen LogP contribution is -2.49. The first kappa shape index (κ1) is 18.6. The molecule has 2 fully saturated rings. The van der Waals surface area contributed by atoms with E-state index in [4.69, 9.17) is 0 Å². The standard InChI is InChI=1S/C22H21F2NO3/c23-18-7-6-14(12-19(18)24)16-13-17(16)20(26)25-10-8-22(9-11-25,21(27)28)15-4-2-1-3-5-15/h1-7,12,16-17H,8-11,13H2,(H,27,28)/t16-,17-/m1/s1. The molecule has 2 atom stereocenters. The van der Waals surface area contributed by atoms with E-state index >= 15 is 0 Å². The summed E-state index contributed by atoms with van der Waals surface area (Å²) in [6.07, 6.45) is 1.34. The number of likely N-dealkylation sites (tertiary alicyclic amines) is 1. The molecular weight excluding hydrogens is 364 g/mol. The summed E-state index contributed by atoms with van der Waals surface area (Å²) in [5, 5.41) is 9.86. The third-order valence-corrected chi connectivity index (χ3v) is 6.14. The number of carbonyl (C=O) groups is 2. The molecule has 2 aliphatic rings. The first-order valence-electron chi connectivity index (χ1n) is 9.45. The lowest BCUT2D eigenvalue weighted by molar-refractivity contribution is -0.148. The van der Waals surface area contributed by atoms with Crippen molar-refractivity contribution >= 4 is 11.9 Å². The number of halogens is 2. The van der Waals surface area contributed by atoms with Crippen LogP contribution in [0.4, 0.5) is 8.78 Å². The van der Waals surface area contributed by atoms with Gasteiger partial charge in [-0.2, -0.15) is 0 Å². The van der Waals surface area contributed by atoms with Crippen LogP contribution in [0, 0.1) is 17.6 Å². The quantitative estimate of drug-likeness (QED) is 0.873. The van der Waals surface area contributed by atoms with E-state index in [0.29, 0.717) is 37.9 Å². The monoisotopic (exact) mass is 385 g/mol. The van der Waals surface area contributed by atoms with Crippen LogP contribution in [0.3, 0.4) is 0 Å². The maximum Gasteiger partial charge on any atom is 0.314 e. The number of amides is 1. The summed E-state index contributed by atoms with van der Waals surface area (Å²) in [6, 6.07) is 12.9. The second-order valence-corrected chi connectivity index (χ2v) is 7.70. The number of piperidine rings is 1. The van der Waals surface area contributed by atoms with Crippen molar-refractivity contribution in [2.75, 3.05) is 13.1 Å². The molecule has 1 heterocycles. The third-order valence-electron chi connectivity index (χ3n) is 6.14. The van der Waals surface area contributed by atoms with Crippen molar-refractivity contribution in [2.45, 2.75) is 30.6 Å². The number of nitrogens with zero attached hydrogens (tertiary/aromatic N) is 1. The van der Waals surface area contributed by atoms with Gasteiger partial charge in [-0.05, 0) is 48.4 Å². The zero-order valence-corrected chi connectivity index (χ0v) is 15.3. The Morgan fingerprint density at radius 2 is 1.68 bits per heavy atom. The van der Waals surface area contributed by atoms with Gasteiger partial charge in [-0.15, -0.1) is 0 Å². The molecule has 2 aromatic carbocycles. The highest BCUT2D eigenvalue weighted by Crippen LogP contribution is 2.49. The van der Waals surface area contributed by atoms with Crippen LogP contribution >= 0.6 is 0 Å². The van der Waals surface area contributed by atoms with Crippen LogP contribution in [0.2, 0.25) is 0 Å². The van der Waals surface area contributed by atoms with Gasteiger partial charge >= 0.3 is 5.97 Å². The Morgan fingerprint density at radius 1 is 1.00 bits per heavy atom. The fraction of sp³-hybridized carbons (Fsp3) is 0.364. The molecule has 1 N–H and O–H groups in total. The summed E-state index contributed by atoms with van der Waals surface area (Å²) in [7, 11) is 0. The number of rotatable bonds is 4. The first-order chi connectivity index (χ1) is 13.4. The number of benzene rings is 2. The summed E-state index contributed by atoms with van der Waals surface area (Å²) in [5.41, 5.74) is 0.431. The van der Waals surface area contributed by atoms with Gasteiger partial charge in [0.05, 0.1) is 5.41 Å². The smallest absolute Gasteiger partial charge is 0.314 e. The van der Waals surface area contributed by atoms with E-state index in [1.54, 1.807) is 4.90 Å². The molecule has 146 valence electrons. The molecule has 28 heavy (non-hydrogen) atoms. The third kappa shape index (κ3) is 3.17. The van der Waals surface area contributed by atoms with Crippen molar-refractivity contribution < 1.29 is 23.5 Å². The molecule has 1 amide bonds. The second-order valence-electron chi connectivity index (χ2n) is 7.70. The van der Waals surface area contributed by atoms with E-state index in [1.165, 1.54) is 6.07 Å². The van der Waals surface area contributed by atoms with Crippen LogP contribution in [0.5, 0.6) is 0 Å². The molecule has 2 aromatic rings. The molecule has 1 aliphatic heterocycles. The van der Waals surface area contributed by atoms with Gasteiger partial charge in [0.2, 0.25) is 5.91 Å². The molecule has 0 spiro atoms. The van der Waals surface area contributed by atoms with Crippen molar-refractivity contribution in [1.82, 2.24) is 4.90 Å². The highest BCUT2D eigenvalue weighted by atomic mass is 19.2. The zero-order valence-electron chi connectivity index (χ0n) is 15.3. The zero-order chi connectivity index (χ0) is 19.9. The van der Waals surface area contributed by atoms with Gasteiger partial charge < -0.3 is 10.0 Å². The Bertz CT molecular complexity index is 907. The van der Waals surface area contributed by atoms with Crippen LogP contribution in [0.15, 0.2) is 48.5 Å². The van der Waals surface area contributed by atoms with E-state index in [9.17, 15) is 23.5 Å². The largest absolute Gasteiger partial charge is 0.481 e. The van der Waals surface area contributed by atoms with E-state index in [1.807, 2.05) is 30.3 Å². The van der Waals surface area contributed by atoms with Gasteiger partial charge in [-0.3, -0.25) is 9.59 Å². The molecular formula is C22H21F2NO3. The van der Waals surface area contributed by atoms with Crippen molar-refractivity contribution in [2.24, 2.45) is 5.92 Å². The molecule has 1 saturated heterocycles. The van der Waals surface area contributed by atoms with Crippen LogP contribution in [0.25, 0.3) is 0 Å². The van der Waals surface area contributed by atoms with Crippen molar-refractivity contribution in [3.8, 4) is 0 Å². The summed E-state index contributed by atoms with van der Waals surface area (Å²) >= 11 is 0. The predicted octanol–water partition coefficient (Wildman–Crippen LogP) is 3.71. The summed E-state index contributed by atoms with van der Waals surface area (Å²) in [6.45, 7) is 0.752. The Morgan fingerprint density at radius 3 is 2.29 bits per heavy atom. The lowest BCUT2D eigenvalue weighted by Gasteiger charge is -2.39. The lowest BCUT2D eigenvalue weighted by atomic mass is 9.73. The molecule has 1 saturated carbocycles. The van der Waals surface area contributed by atoms with Gasteiger partial charge in [0, 0.05) is 19.0 Å². The maximum absolute atomic E-state index is 13.4. The average Bonchev–Trinajstić information content (AvgIpc) is 3.51. The Balaban J connectivity index is 1.43. The fourth-order valence-electron chi connectivity index (χ4n) is 4.31. The number of carboxylic acids is 1. The molecule has 6 heteroatoms. The number of carbonyl (C=O) groups excluding carboxylic acids is 1. The van der Waals surface area contributed by atoms with Crippen LogP contribution in [0.1, 0.15) is 36.3 Å². The van der Waals surface area contributed by atoms with E-state index < -0.39 is 23.0 Å². The van der Waals surface area contributed by atoms with Gasteiger partial charge in [0.15, 0.2) is 11.6 Å². The highest BCUT2D eigenvalue weighted by molar-refractivity contribution is 5.85. The van der Waals surface area contributed by atoms with Gasteiger partial charge in [0.25, 0.3) is 0 Å². The van der Waals surface area contributed by atoms with Crippen LogP contribution < -0.4 is 0 Å². The van der Waals surface area contributed by atoms with Crippen molar-refractivity contribution in [3.05, 3.63) is 71.3 Å². The summed E-state index contributed by atoms with van der Waals surface area (Å²) in [4.78, 5) is 26.6. The minimum Gasteiger partial charge on any atom is -0.481 e. The van der Waals surface area contributed by atoms with Crippen molar-refractivity contribution in [3.63, 3.8) is 0 Å². The summed E-state index contributed by atoms with van der Waals surface area (Å²) < 4.78 is 26.6. The van der Waals surface area contributed by atoms with E-state index in [2.05, 4.69) is 0 Å². The molecule has 0 unspecified atom stereocenters. The second kappa shape index (κ2) is 7.00. The SMILES string of the molecule is O=C([C@@H]1C[C@@H]1c1ccc(F)c(F)c1)N1CCC(C(=O)O)(c2ccccc2)CC1. The predicted molar refractivity (Wildman–Crippen MR) is 98.8 cm³/mol. The van der Waals surface area contributed by atoms with Gasteiger partial charge in [-0.25, -0.2) is 8.78 Å². The van der Waals surface area contributed by atoms with Crippen LogP contribution in [-0.4, -0.2) is 35.0 Å². The number of hydrogen-bond acceptors (Lipinski definition) is 2. The minimum absolute atomic E-state index is 0.0261. The molecule has 0 aromatic heterocycles. The van der Waals surface area contributed by atoms with Gasteiger partial charge in [-0.1, -0.05) is 36.4 Å². The van der Waals surface area contributed by atoms with Gasteiger partial charge in [0.1, 0.15) is 0 Å². The molecule has 4 rings (SSSR count). The van der Waals surface area contributed by atoms with Crippen LogP contribution in [-0.2, 0) is 15.0 Å². The maximum atomic E-state index is 13.4. The molecule has 0 bridgehead atoms. The fourth-order valence-corrected chi connectivity index (χ4v) is 4.31. The Kier molecular flexibility index (Phi) is 4.65. The Labute approximate surface area is 161 Å². The highest BCUT2D eigenvalue weighted by Gasteiger charge is 2.49. The summed E-state index contributed by atoms with van der Waals surface area (Å²) in [5.74, 6) is -3.02. The average molecular weight is 385 g/mol. The topological polar surface area (TPSA) is 57.6 Å². The van der Waals surface area contributed by atoms with Crippen molar-refractivity contribution in [1.29, 1.82) is 0 Å². The van der Waals surface area contributed by atoms with E-state index in [0.717, 1.165) is 17.7 Å². The Hall–Kier alpha value is -2.76. The minimum atomic E-state index is -0.971. The molecule has 1 aliphatic carbocycles. The van der Waals surface area contributed by atoms with E-state index in [-0.39, 0.29) is 17.7 Å².